The lowest BCUT2D eigenvalue weighted by Crippen LogP contribution is -2.37. The van der Waals surface area contributed by atoms with E-state index < -0.39 is 12.1 Å². The minimum atomic E-state index is -0.880. The molecule has 0 fully saturated rings. The van der Waals surface area contributed by atoms with Crippen LogP contribution in [-0.4, -0.2) is 32.1 Å². The number of likely N-dealkylation sites (N-methyl/N-ethyl adjacent to an activating group) is 1. The molecule has 0 saturated carbocycles. The molecule has 0 aliphatic rings. The number of nitrogens with zero attached hydrogens (tertiary/aromatic N) is 1. The first-order chi connectivity index (χ1) is 11.0. The van der Waals surface area contributed by atoms with Crippen LogP contribution >= 0.6 is 0 Å². The maximum Gasteiger partial charge on any atom is 0.338 e. The van der Waals surface area contributed by atoms with Crippen molar-refractivity contribution in [1.82, 2.24) is 0 Å². The van der Waals surface area contributed by atoms with Crippen molar-refractivity contribution in [3.63, 3.8) is 0 Å². The fourth-order valence-electron chi connectivity index (χ4n) is 2.06. The summed E-state index contributed by atoms with van der Waals surface area (Å²) in [6.07, 6.45) is -0.880. The Morgan fingerprint density at radius 1 is 1.00 bits per heavy atom. The normalized spacial score (nSPS) is 11.4. The number of hydrogen-bond donors (Lipinski definition) is 0. The number of amides is 1. The summed E-state index contributed by atoms with van der Waals surface area (Å²) in [4.78, 5) is 25.9. The number of para-hydroxylation sites is 1. The zero-order valence-corrected chi connectivity index (χ0v) is 13.4. The Hall–Kier alpha value is -2.82. The summed E-state index contributed by atoms with van der Waals surface area (Å²) in [5.74, 6) is -0.192. The second kappa shape index (κ2) is 7.45. The van der Waals surface area contributed by atoms with E-state index in [-0.39, 0.29) is 5.91 Å². The molecule has 2 rings (SSSR count). The van der Waals surface area contributed by atoms with Crippen LogP contribution < -0.4 is 9.64 Å². The van der Waals surface area contributed by atoms with Crippen molar-refractivity contribution >= 4 is 17.6 Å². The molecule has 0 unspecified atom stereocenters. The molecule has 0 aromatic heterocycles. The molecule has 1 atom stereocenters. The predicted molar refractivity (Wildman–Crippen MR) is 87.7 cm³/mol. The molecule has 5 heteroatoms. The van der Waals surface area contributed by atoms with Crippen LogP contribution in [0.4, 0.5) is 5.69 Å². The van der Waals surface area contributed by atoms with Crippen LogP contribution in [0.3, 0.4) is 0 Å². The average Bonchev–Trinajstić information content (AvgIpc) is 2.61. The molecule has 0 spiro atoms. The van der Waals surface area contributed by atoms with Gasteiger partial charge in [0.15, 0.2) is 6.10 Å². The van der Waals surface area contributed by atoms with Gasteiger partial charge in [0, 0.05) is 12.7 Å². The van der Waals surface area contributed by atoms with Gasteiger partial charge < -0.3 is 14.4 Å². The van der Waals surface area contributed by atoms with E-state index in [1.807, 2.05) is 30.3 Å². The van der Waals surface area contributed by atoms with E-state index in [0.29, 0.717) is 11.3 Å². The fraction of sp³-hybridized carbons (Fsp3) is 0.222. The molecule has 5 nitrogen and oxygen atoms in total. The lowest BCUT2D eigenvalue weighted by atomic mass is 10.2. The Labute approximate surface area is 135 Å². The summed E-state index contributed by atoms with van der Waals surface area (Å²) in [6, 6.07) is 15.7. The third kappa shape index (κ3) is 4.10. The van der Waals surface area contributed by atoms with Crippen LogP contribution in [0.2, 0.25) is 0 Å². The Kier molecular flexibility index (Phi) is 5.36. The summed E-state index contributed by atoms with van der Waals surface area (Å²) in [5.41, 5.74) is 1.11. The molecule has 0 N–H and O–H groups in total. The van der Waals surface area contributed by atoms with E-state index in [2.05, 4.69) is 0 Å². The number of rotatable bonds is 5. The highest BCUT2D eigenvalue weighted by Gasteiger charge is 2.23. The van der Waals surface area contributed by atoms with Gasteiger partial charge in [-0.2, -0.15) is 0 Å². The van der Waals surface area contributed by atoms with Crippen LogP contribution in [0.15, 0.2) is 54.6 Å². The first-order valence-corrected chi connectivity index (χ1v) is 7.20. The first-order valence-electron chi connectivity index (χ1n) is 7.20. The summed E-state index contributed by atoms with van der Waals surface area (Å²) < 4.78 is 10.3. The predicted octanol–water partition coefficient (Wildman–Crippen LogP) is 2.90. The smallest absolute Gasteiger partial charge is 0.338 e. The maximum atomic E-state index is 12.3. The third-order valence-corrected chi connectivity index (χ3v) is 3.43. The van der Waals surface area contributed by atoms with Crippen LogP contribution in [-0.2, 0) is 9.53 Å². The van der Waals surface area contributed by atoms with E-state index >= 15 is 0 Å². The monoisotopic (exact) mass is 313 g/mol. The van der Waals surface area contributed by atoms with Gasteiger partial charge in [0.05, 0.1) is 12.7 Å². The zero-order chi connectivity index (χ0) is 16.8. The number of methoxy groups -OCH3 is 1. The van der Waals surface area contributed by atoms with E-state index in [4.69, 9.17) is 9.47 Å². The molecular formula is C18H19NO4. The molecule has 2 aromatic rings. The van der Waals surface area contributed by atoms with Gasteiger partial charge in [-0.15, -0.1) is 0 Å². The van der Waals surface area contributed by atoms with E-state index in [0.717, 1.165) is 5.69 Å². The lowest BCUT2D eigenvalue weighted by molar-refractivity contribution is -0.126. The molecular weight excluding hydrogens is 294 g/mol. The number of carbonyl (C=O) groups excluding carboxylic acids is 2. The molecule has 0 aliphatic heterocycles. The first kappa shape index (κ1) is 16.5. The summed E-state index contributed by atoms with van der Waals surface area (Å²) in [7, 11) is 3.20. The summed E-state index contributed by atoms with van der Waals surface area (Å²) in [5, 5.41) is 0. The van der Waals surface area contributed by atoms with Crippen molar-refractivity contribution in [2.24, 2.45) is 0 Å². The maximum absolute atomic E-state index is 12.3. The van der Waals surface area contributed by atoms with E-state index in [1.165, 1.54) is 4.90 Å². The van der Waals surface area contributed by atoms with Crippen molar-refractivity contribution in [1.29, 1.82) is 0 Å². The Balaban J connectivity index is 2.01. The van der Waals surface area contributed by atoms with Gasteiger partial charge in [0.2, 0.25) is 0 Å². The molecule has 23 heavy (non-hydrogen) atoms. The highest BCUT2D eigenvalue weighted by molar-refractivity contribution is 5.98. The Bertz CT molecular complexity index is 667. The Morgan fingerprint density at radius 3 is 2.17 bits per heavy atom. The van der Waals surface area contributed by atoms with Gasteiger partial charge in [-0.1, -0.05) is 18.2 Å². The molecule has 1 amide bonds. The molecule has 120 valence electrons. The SMILES string of the molecule is COc1ccc(C(=O)O[C@@H](C)C(=O)N(C)c2ccccc2)cc1. The van der Waals surface area contributed by atoms with Gasteiger partial charge in [-0.3, -0.25) is 4.79 Å². The highest BCUT2D eigenvalue weighted by Crippen LogP contribution is 2.15. The van der Waals surface area contributed by atoms with Crippen molar-refractivity contribution < 1.29 is 19.1 Å². The number of hydrogen-bond acceptors (Lipinski definition) is 4. The number of benzene rings is 2. The second-order valence-corrected chi connectivity index (χ2v) is 5.01. The van der Waals surface area contributed by atoms with Gasteiger partial charge in [-0.25, -0.2) is 4.79 Å². The minimum Gasteiger partial charge on any atom is -0.497 e. The van der Waals surface area contributed by atoms with Gasteiger partial charge >= 0.3 is 5.97 Å². The number of carbonyl (C=O) groups is 2. The molecule has 0 radical (unpaired) electrons. The van der Waals surface area contributed by atoms with Crippen LogP contribution in [0, 0.1) is 0 Å². The molecule has 0 bridgehead atoms. The quantitative estimate of drug-likeness (QED) is 0.797. The standard InChI is InChI=1S/C18H19NO4/c1-13(17(20)19(2)15-7-5-4-6-8-15)23-18(21)14-9-11-16(22-3)12-10-14/h4-13H,1-3H3/t13-/m0/s1. The number of esters is 1. The summed E-state index contributed by atoms with van der Waals surface area (Å²) in [6.45, 7) is 1.56. The van der Waals surface area contributed by atoms with Crippen LogP contribution in [0.1, 0.15) is 17.3 Å². The van der Waals surface area contributed by atoms with Crippen molar-refractivity contribution in [2.75, 3.05) is 19.1 Å². The molecule has 0 saturated heterocycles. The molecule has 0 aliphatic carbocycles. The fourth-order valence-corrected chi connectivity index (χ4v) is 2.06. The van der Waals surface area contributed by atoms with Gasteiger partial charge in [0.25, 0.3) is 5.91 Å². The Morgan fingerprint density at radius 2 is 1.61 bits per heavy atom. The topological polar surface area (TPSA) is 55.8 Å². The second-order valence-electron chi connectivity index (χ2n) is 5.01. The van der Waals surface area contributed by atoms with E-state index in [1.54, 1.807) is 45.3 Å². The zero-order valence-electron chi connectivity index (χ0n) is 13.4. The minimum absolute atomic E-state index is 0.293. The third-order valence-electron chi connectivity index (χ3n) is 3.43. The van der Waals surface area contributed by atoms with Crippen molar-refractivity contribution in [3.05, 3.63) is 60.2 Å². The highest BCUT2D eigenvalue weighted by atomic mass is 16.5. The van der Waals surface area contributed by atoms with Crippen molar-refractivity contribution in [2.45, 2.75) is 13.0 Å². The van der Waals surface area contributed by atoms with Crippen molar-refractivity contribution in [3.8, 4) is 5.75 Å². The van der Waals surface area contributed by atoms with Crippen LogP contribution in [0.25, 0.3) is 0 Å². The lowest BCUT2D eigenvalue weighted by Gasteiger charge is -2.21. The summed E-state index contributed by atoms with van der Waals surface area (Å²) >= 11 is 0. The van der Waals surface area contributed by atoms with E-state index in [9.17, 15) is 9.59 Å². The van der Waals surface area contributed by atoms with Crippen LogP contribution in [0.5, 0.6) is 5.75 Å². The largest absolute Gasteiger partial charge is 0.497 e. The number of ether oxygens (including phenoxy) is 2. The van der Waals surface area contributed by atoms with Gasteiger partial charge in [0.1, 0.15) is 5.75 Å². The molecule has 2 aromatic carbocycles. The molecule has 0 heterocycles. The van der Waals surface area contributed by atoms with Gasteiger partial charge in [-0.05, 0) is 43.3 Å². The number of anilines is 1. The average molecular weight is 313 g/mol.